The summed E-state index contributed by atoms with van der Waals surface area (Å²) >= 11 is 1.78. The van der Waals surface area contributed by atoms with Crippen LogP contribution in [0.25, 0.3) is 0 Å². The van der Waals surface area contributed by atoms with Gasteiger partial charge < -0.3 is 14.8 Å². The third-order valence-corrected chi connectivity index (χ3v) is 5.70. The van der Waals surface area contributed by atoms with Crippen LogP contribution in [0.5, 0.6) is 11.5 Å². The number of benzene rings is 3. The molecule has 0 aromatic heterocycles. The molecule has 4 nitrogen and oxygen atoms in total. The van der Waals surface area contributed by atoms with E-state index in [-0.39, 0.29) is 11.9 Å². The molecule has 0 saturated carbocycles. The monoisotopic (exact) mass is 407 g/mol. The number of rotatable bonds is 8. The lowest BCUT2D eigenvalue weighted by atomic mass is 10.1. The average Bonchev–Trinajstić information content (AvgIpc) is 2.78. The van der Waals surface area contributed by atoms with Crippen LogP contribution in [0.4, 0.5) is 0 Å². The molecule has 1 amide bonds. The molecule has 0 radical (unpaired) electrons. The molecule has 1 N–H and O–H groups in total. The number of thioether (sulfide) groups is 1. The Kier molecular flexibility index (Phi) is 7.19. The van der Waals surface area contributed by atoms with Crippen LogP contribution in [0.3, 0.4) is 0 Å². The van der Waals surface area contributed by atoms with Crippen LogP contribution in [-0.2, 0) is 5.75 Å². The van der Waals surface area contributed by atoms with Gasteiger partial charge >= 0.3 is 0 Å². The Morgan fingerprint density at radius 3 is 2.28 bits per heavy atom. The predicted octanol–water partition coefficient (Wildman–Crippen LogP) is 5.49. The maximum absolute atomic E-state index is 12.6. The van der Waals surface area contributed by atoms with Gasteiger partial charge in [-0.2, -0.15) is 0 Å². The molecule has 0 aliphatic heterocycles. The lowest BCUT2D eigenvalue weighted by molar-refractivity contribution is 0.0940. The summed E-state index contributed by atoms with van der Waals surface area (Å²) in [5, 5.41) is 3.04. The molecule has 0 fully saturated rings. The standard InChI is InChI=1S/C24H25NO3S/c1-17(20-13-14-22(27-2)23(15-20)28-3)25-24(26)19-11-9-18(10-12-19)16-29-21-7-5-4-6-8-21/h4-15,17H,16H2,1-3H3,(H,25,26)/t17-/m0/s1. The molecule has 0 bridgehead atoms. The highest BCUT2D eigenvalue weighted by atomic mass is 32.2. The van der Waals surface area contributed by atoms with Crippen LogP contribution in [-0.4, -0.2) is 20.1 Å². The van der Waals surface area contributed by atoms with E-state index in [0.717, 1.165) is 11.3 Å². The number of carbonyl (C=O) groups excluding carboxylic acids is 1. The molecule has 150 valence electrons. The number of hydrogen-bond acceptors (Lipinski definition) is 4. The molecule has 0 unspecified atom stereocenters. The molecular formula is C24H25NO3S. The Labute approximate surface area is 176 Å². The predicted molar refractivity (Wildman–Crippen MR) is 118 cm³/mol. The lowest BCUT2D eigenvalue weighted by Crippen LogP contribution is -2.26. The summed E-state index contributed by atoms with van der Waals surface area (Å²) in [5.41, 5.74) is 2.78. The van der Waals surface area contributed by atoms with Gasteiger partial charge in [-0.1, -0.05) is 36.4 Å². The van der Waals surface area contributed by atoms with Crippen LogP contribution in [0.15, 0.2) is 77.7 Å². The minimum atomic E-state index is -0.157. The zero-order valence-corrected chi connectivity index (χ0v) is 17.7. The van der Waals surface area contributed by atoms with Crippen molar-refractivity contribution in [3.8, 4) is 11.5 Å². The van der Waals surface area contributed by atoms with Gasteiger partial charge in [0.25, 0.3) is 5.91 Å². The summed E-state index contributed by atoms with van der Waals surface area (Å²) in [5.74, 6) is 2.08. The largest absolute Gasteiger partial charge is 0.493 e. The molecule has 3 rings (SSSR count). The highest BCUT2D eigenvalue weighted by molar-refractivity contribution is 7.98. The highest BCUT2D eigenvalue weighted by Gasteiger charge is 2.14. The van der Waals surface area contributed by atoms with E-state index in [4.69, 9.17) is 9.47 Å². The van der Waals surface area contributed by atoms with Crippen molar-refractivity contribution in [2.75, 3.05) is 14.2 Å². The molecule has 5 heteroatoms. The van der Waals surface area contributed by atoms with Gasteiger partial charge in [0, 0.05) is 16.2 Å². The van der Waals surface area contributed by atoms with Crippen molar-refractivity contribution in [2.24, 2.45) is 0 Å². The normalized spacial score (nSPS) is 11.6. The molecular weight excluding hydrogens is 382 g/mol. The van der Waals surface area contributed by atoms with Crippen molar-refractivity contribution in [2.45, 2.75) is 23.6 Å². The van der Waals surface area contributed by atoms with Crippen LogP contribution in [0, 0.1) is 0 Å². The number of hydrogen-bond donors (Lipinski definition) is 1. The van der Waals surface area contributed by atoms with Gasteiger partial charge in [0.05, 0.1) is 20.3 Å². The highest BCUT2D eigenvalue weighted by Crippen LogP contribution is 2.30. The van der Waals surface area contributed by atoms with E-state index in [0.29, 0.717) is 17.1 Å². The Hall–Kier alpha value is -2.92. The van der Waals surface area contributed by atoms with Gasteiger partial charge in [-0.3, -0.25) is 4.79 Å². The maximum Gasteiger partial charge on any atom is 0.251 e. The number of methoxy groups -OCH3 is 2. The molecule has 3 aromatic rings. The number of nitrogens with one attached hydrogen (secondary N) is 1. The van der Waals surface area contributed by atoms with E-state index < -0.39 is 0 Å². The molecule has 0 saturated heterocycles. The van der Waals surface area contributed by atoms with Crippen molar-refractivity contribution in [1.29, 1.82) is 0 Å². The first kappa shape index (κ1) is 20.8. The van der Waals surface area contributed by atoms with E-state index >= 15 is 0 Å². The van der Waals surface area contributed by atoms with Crippen LogP contribution in [0.1, 0.15) is 34.5 Å². The third-order valence-electron chi connectivity index (χ3n) is 4.62. The van der Waals surface area contributed by atoms with Crippen molar-refractivity contribution in [1.82, 2.24) is 5.32 Å². The van der Waals surface area contributed by atoms with Crippen molar-refractivity contribution >= 4 is 17.7 Å². The van der Waals surface area contributed by atoms with E-state index in [2.05, 4.69) is 17.4 Å². The topological polar surface area (TPSA) is 47.6 Å². The second-order valence-electron chi connectivity index (χ2n) is 6.61. The maximum atomic E-state index is 12.6. The minimum Gasteiger partial charge on any atom is -0.493 e. The molecule has 0 spiro atoms. The second kappa shape index (κ2) is 10.0. The molecule has 3 aromatic carbocycles. The first-order valence-electron chi connectivity index (χ1n) is 9.40. The van der Waals surface area contributed by atoms with Gasteiger partial charge in [-0.25, -0.2) is 0 Å². The van der Waals surface area contributed by atoms with Crippen LogP contribution < -0.4 is 14.8 Å². The van der Waals surface area contributed by atoms with E-state index in [9.17, 15) is 4.79 Å². The number of amides is 1. The number of carbonyl (C=O) groups is 1. The summed E-state index contributed by atoms with van der Waals surface area (Å²) in [7, 11) is 3.20. The zero-order chi connectivity index (χ0) is 20.6. The summed E-state index contributed by atoms with van der Waals surface area (Å²) in [4.78, 5) is 13.9. The SMILES string of the molecule is COc1ccc([C@H](C)NC(=O)c2ccc(CSc3ccccc3)cc2)cc1OC. The Bertz CT molecular complexity index is 942. The Morgan fingerprint density at radius 1 is 0.931 bits per heavy atom. The molecule has 29 heavy (non-hydrogen) atoms. The smallest absolute Gasteiger partial charge is 0.251 e. The first-order valence-corrected chi connectivity index (χ1v) is 10.4. The summed E-state index contributed by atoms with van der Waals surface area (Å²) in [6.45, 7) is 1.95. The van der Waals surface area contributed by atoms with E-state index in [1.807, 2.05) is 67.6 Å². The van der Waals surface area contributed by atoms with Crippen LogP contribution >= 0.6 is 11.8 Å². The molecule has 1 atom stereocenters. The summed E-state index contributed by atoms with van der Waals surface area (Å²) < 4.78 is 10.6. The summed E-state index contributed by atoms with van der Waals surface area (Å²) in [6, 6.07) is 23.5. The third kappa shape index (κ3) is 5.55. The second-order valence-corrected chi connectivity index (χ2v) is 7.66. The Morgan fingerprint density at radius 2 is 1.62 bits per heavy atom. The fourth-order valence-electron chi connectivity index (χ4n) is 2.92. The van der Waals surface area contributed by atoms with Gasteiger partial charge in [0.15, 0.2) is 11.5 Å². The van der Waals surface area contributed by atoms with E-state index in [1.165, 1.54) is 10.5 Å². The van der Waals surface area contributed by atoms with Crippen molar-refractivity contribution in [3.63, 3.8) is 0 Å². The molecule has 0 aliphatic carbocycles. The van der Waals surface area contributed by atoms with Gasteiger partial charge in [0.2, 0.25) is 0 Å². The Balaban J connectivity index is 1.60. The van der Waals surface area contributed by atoms with Gasteiger partial charge in [-0.05, 0) is 54.4 Å². The molecule has 0 heterocycles. The quantitative estimate of drug-likeness (QED) is 0.502. The summed E-state index contributed by atoms with van der Waals surface area (Å²) in [6.07, 6.45) is 0. The minimum absolute atomic E-state index is 0.102. The van der Waals surface area contributed by atoms with Crippen LogP contribution in [0.2, 0.25) is 0 Å². The first-order chi connectivity index (χ1) is 14.1. The fourth-order valence-corrected chi connectivity index (χ4v) is 3.80. The lowest BCUT2D eigenvalue weighted by Gasteiger charge is -2.16. The fraction of sp³-hybridized carbons (Fsp3) is 0.208. The van der Waals surface area contributed by atoms with Gasteiger partial charge in [0.1, 0.15) is 0 Å². The van der Waals surface area contributed by atoms with Crippen molar-refractivity contribution in [3.05, 3.63) is 89.5 Å². The molecule has 0 aliphatic rings. The van der Waals surface area contributed by atoms with Crippen molar-refractivity contribution < 1.29 is 14.3 Å². The zero-order valence-electron chi connectivity index (χ0n) is 16.8. The average molecular weight is 408 g/mol. The number of ether oxygens (including phenoxy) is 2. The van der Waals surface area contributed by atoms with Gasteiger partial charge in [-0.15, -0.1) is 11.8 Å². The van der Waals surface area contributed by atoms with E-state index in [1.54, 1.807) is 26.0 Å².